The quantitative estimate of drug-likeness (QED) is 0.657. The molecule has 1 aromatic carbocycles. The van der Waals surface area contributed by atoms with Gasteiger partial charge in [-0.25, -0.2) is 4.68 Å². The number of carbonyl (C=O) groups excluding carboxylic acids is 2. The number of hydrogen-bond donors (Lipinski definition) is 0. The average Bonchev–Trinajstić information content (AvgIpc) is 3.29. The lowest BCUT2D eigenvalue weighted by Gasteiger charge is -2.39. The molecule has 7 heteroatoms. The van der Waals surface area contributed by atoms with Crippen molar-refractivity contribution in [2.24, 2.45) is 0 Å². The molecule has 0 bridgehead atoms. The van der Waals surface area contributed by atoms with Gasteiger partial charge in [0.2, 0.25) is 0 Å². The largest absolute Gasteiger partial charge is 0.337 e. The molecule has 1 saturated heterocycles. The molecule has 2 amide bonds. The number of rotatable bonds is 3. The first-order chi connectivity index (χ1) is 15.1. The second-order valence-corrected chi connectivity index (χ2v) is 8.27. The molecule has 0 radical (unpaired) electrons. The van der Waals surface area contributed by atoms with Crippen molar-refractivity contribution in [2.75, 3.05) is 13.1 Å². The first kappa shape index (κ1) is 19.5. The van der Waals surface area contributed by atoms with Crippen molar-refractivity contribution < 1.29 is 9.59 Å². The van der Waals surface area contributed by atoms with E-state index in [0.717, 1.165) is 29.8 Å². The number of pyridine rings is 1. The number of carbonyl (C=O) groups is 2. The van der Waals surface area contributed by atoms with Crippen LogP contribution in [-0.4, -0.2) is 55.5 Å². The van der Waals surface area contributed by atoms with Gasteiger partial charge in [-0.15, -0.1) is 0 Å². The third-order valence-electron chi connectivity index (χ3n) is 6.38. The van der Waals surface area contributed by atoms with Crippen LogP contribution in [0.5, 0.6) is 0 Å². The third-order valence-corrected chi connectivity index (χ3v) is 6.38. The average molecular weight is 415 g/mol. The van der Waals surface area contributed by atoms with Gasteiger partial charge >= 0.3 is 0 Å². The van der Waals surface area contributed by atoms with Gasteiger partial charge in [0.25, 0.3) is 11.8 Å². The van der Waals surface area contributed by atoms with Gasteiger partial charge in [0.05, 0.1) is 23.5 Å². The summed E-state index contributed by atoms with van der Waals surface area (Å²) in [5.41, 5.74) is 4.03. The minimum absolute atomic E-state index is 0.00412. The molecule has 0 N–H and O–H groups in total. The van der Waals surface area contributed by atoms with Crippen LogP contribution in [0.25, 0.3) is 5.69 Å². The number of piperidine rings is 1. The van der Waals surface area contributed by atoms with Crippen molar-refractivity contribution in [3.8, 4) is 5.69 Å². The summed E-state index contributed by atoms with van der Waals surface area (Å²) in [5.74, 6) is -0.00859. The lowest BCUT2D eigenvalue weighted by atomic mass is 10.0. The first-order valence-corrected chi connectivity index (χ1v) is 10.7. The van der Waals surface area contributed by atoms with Crippen molar-refractivity contribution >= 4 is 11.8 Å². The van der Waals surface area contributed by atoms with Crippen LogP contribution in [-0.2, 0) is 0 Å². The van der Waals surface area contributed by atoms with Crippen LogP contribution < -0.4 is 0 Å². The van der Waals surface area contributed by atoms with Gasteiger partial charge in [-0.05, 0) is 51.0 Å². The van der Waals surface area contributed by atoms with Crippen molar-refractivity contribution in [1.82, 2.24) is 24.6 Å². The number of benzene rings is 1. The fourth-order valence-corrected chi connectivity index (χ4v) is 4.96. The highest BCUT2D eigenvalue weighted by molar-refractivity contribution is 5.99. The second kappa shape index (κ2) is 7.65. The fourth-order valence-electron chi connectivity index (χ4n) is 4.96. The molecule has 2 aliphatic rings. The summed E-state index contributed by atoms with van der Waals surface area (Å²) in [6, 6.07) is 13.2. The van der Waals surface area contributed by atoms with E-state index in [1.54, 1.807) is 29.2 Å². The first-order valence-electron chi connectivity index (χ1n) is 10.7. The Balaban J connectivity index is 1.43. The monoisotopic (exact) mass is 415 g/mol. The minimum atomic E-state index is -0.0686. The molecule has 7 nitrogen and oxygen atoms in total. The fraction of sp³-hybridized carbons (Fsp3) is 0.333. The number of fused-ring (bicyclic) bond motifs is 1. The van der Waals surface area contributed by atoms with Gasteiger partial charge in [0.15, 0.2) is 0 Å². The van der Waals surface area contributed by atoms with Crippen molar-refractivity contribution in [1.29, 1.82) is 0 Å². The molecule has 2 unspecified atom stereocenters. The van der Waals surface area contributed by atoms with E-state index < -0.39 is 0 Å². The highest BCUT2D eigenvalue weighted by Gasteiger charge is 2.44. The topological polar surface area (TPSA) is 71.3 Å². The van der Waals surface area contributed by atoms with E-state index >= 15 is 0 Å². The van der Waals surface area contributed by atoms with Gasteiger partial charge in [-0.3, -0.25) is 14.6 Å². The Hall–Kier alpha value is -3.48. The van der Waals surface area contributed by atoms with E-state index in [2.05, 4.69) is 17.0 Å². The maximum absolute atomic E-state index is 13.6. The second-order valence-electron chi connectivity index (χ2n) is 8.27. The molecular weight excluding hydrogens is 390 g/mol. The third kappa shape index (κ3) is 3.21. The smallest absolute Gasteiger partial charge is 0.273 e. The summed E-state index contributed by atoms with van der Waals surface area (Å²) in [6.07, 6.45) is 5.03. The Labute approximate surface area is 181 Å². The van der Waals surface area contributed by atoms with Gasteiger partial charge in [0, 0.05) is 36.6 Å². The lowest BCUT2D eigenvalue weighted by molar-refractivity contribution is 0.0418. The molecule has 5 rings (SSSR count). The van der Waals surface area contributed by atoms with Crippen LogP contribution in [0.4, 0.5) is 0 Å². The van der Waals surface area contributed by atoms with Crippen LogP contribution >= 0.6 is 0 Å². The predicted molar refractivity (Wildman–Crippen MR) is 116 cm³/mol. The molecule has 0 spiro atoms. The van der Waals surface area contributed by atoms with Crippen LogP contribution in [0.1, 0.15) is 57.9 Å². The van der Waals surface area contributed by atoms with E-state index in [4.69, 9.17) is 0 Å². The molecule has 2 aromatic heterocycles. The molecule has 2 aliphatic heterocycles. The Kier molecular flexibility index (Phi) is 4.81. The molecule has 158 valence electrons. The number of para-hydroxylation sites is 1. The van der Waals surface area contributed by atoms with Gasteiger partial charge < -0.3 is 9.80 Å². The van der Waals surface area contributed by atoms with E-state index in [1.807, 2.05) is 47.1 Å². The number of likely N-dealkylation sites (tertiary alicyclic amines) is 1. The Morgan fingerprint density at radius 2 is 1.84 bits per heavy atom. The van der Waals surface area contributed by atoms with Crippen molar-refractivity contribution in [3.05, 3.63) is 77.4 Å². The molecule has 1 fully saturated rings. The molecule has 4 heterocycles. The number of nitrogens with zero attached hydrogens (tertiary/aromatic N) is 5. The molecular formula is C24H25N5O2. The highest BCUT2D eigenvalue weighted by Crippen LogP contribution is 2.39. The summed E-state index contributed by atoms with van der Waals surface area (Å²) >= 11 is 0. The highest BCUT2D eigenvalue weighted by atomic mass is 16.2. The SMILES string of the molecule is Cc1nn(-c2ccccc2)c2c1C(C)N(C1CCCN(C(=O)c3ccncc3)C1)C2=O. The van der Waals surface area contributed by atoms with E-state index in [9.17, 15) is 9.59 Å². The summed E-state index contributed by atoms with van der Waals surface area (Å²) in [5, 5.41) is 4.66. The van der Waals surface area contributed by atoms with Crippen LogP contribution in [0, 0.1) is 6.92 Å². The van der Waals surface area contributed by atoms with E-state index in [0.29, 0.717) is 24.3 Å². The molecule has 31 heavy (non-hydrogen) atoms. The van der Waals surface area contributed by atoms with Crippen molar-refractivity contribution in [2.45, 2.75) is 38.8 Å². The number of amides is 2. The number of aryl methyl sites for hydroxylation is 1. The molecule has 0 saturated carbocycles. The summed E-state index contributed by atoms with van der Waals surface area (Å²) in [6.45, 7) is 5.28. The van der Waals surface area contributed by atoms with Gasteiger partial charge in [-0.1, -0.05) is 18.2 Å². The van der Waals surface area contributed by atoms with E-state index in [1.165, 1.54) is 0 Å². The maximum atomic E-state index is 13.6. The Morgan fingerprint density at radius 1 is 1.10 bits per heavy atom. The number of hydrogen-bond acceptors (Lipinski definition) is 4. The molecule has 3 aromatic rings. The van der Waals surface area contributed by atoms with E-state index in [-0.39, 0.29) is 23.9 Å². The van der Waals surface area contributed by atoms with Crippen LogP contribution in [0.2, 0.25) is 0 Å². The zero-order valence-electron chi connectivity index (χ0n) is 17.7. The Bertz CT molecular complexity index is 1130. The normalized spacial score (nSPS) is 20.8. The summed E-state index contributed by atoms with van der Waals surface area (Å²) in [4.78, 5) is 34.4. The summed E-state index contributed by atoms with van der Waals surface area (Å²) < 4.78 is 1.77. The number of aromatic nitrogens is 3. The lowest BCUT2D eigenvalue weighted by Crippen LogP contribution is -2.50. The molecule has 0 aliphatic carbocycles. The predicted octanol–water partition coefficient (Wildman–Crippen LogP) is 3.40. The maximum Gasteiger partial charge on any atom is 0.273 e. The Morgan fingerprint density at radius 3 is 2.58 bits per heavy atom. The zero-order chi connectivity index (χ0) is 21.5. The van der Waals surface area contributed by atoms with Crippen LogP contribution in [0.15, 0.2) is 54.9 Å². The summed E-state index contributed by atoms with van der Waals surface area (Å²) in [7, 11) is 0. The molecule has 2 atom stereocenters. The van der Waals surface area contributed by atoms with Gasteiger partial charge in [-0.2, -0.15) is 5.10 Å². The van der Waals surface area contributed by atoms with Crippen LogP contribution in [0.3, 0.4) is 0 Å². The van der Waals surface area contributed by atoms with Crippen molar-refractivity contribution in [3.63, 3.8) is 0 Å². The standard InChI is InChI=1S/C24H25N5O2/c1-16-21-17(2)28(24(31)22(21)29(26-16)19-7-4-3-5-8-19)20-9-6-14-27(15-20)23(30)18-10-12-25-13-11-18/h3-5,7-8,10-13,17,20H,6,9,14-15H2,1-2H3. The minimum Gasteiger partial charge on any atom is -0.337 e. The van der Waals surface area contributed by atoms with Gasteiger partial charge in [0.1, 0.15) is 5.69 Å². The zero-order valence-corrected chi connectivity index (χ0v) is 17.7.